The van der Waals surface area contributed by atoms with Crippen LogP contribution in [0.5, 0.6) is 0 Å². The summed E-state index contributed by atoms with van der Waals surface area (Å²) in [6.07, 6.45) is 3.94. The fourth-order valence-corrected chi connectivity index (χ4v) is 2.80. The van der Waals surface area contributed by atoms with Crippen molar-refractivity contribution in [2.45, 2.75) is 46.5 Å². The highest BCUT2D eigenvalue weighted by Crippen LogP contribution is 2.30. The Morgan fingerprint density at radius 3 is 2.41 bits per heavy atom. The van der Waals surface area contributed by atoms with Crippen molar-refractivity contribution in [3.63, 3.8) is 0 Å². The van der Waals surface area contributed by atoms with Crippen LogP contribution in [0, 0.1) is 13.8 Å². The maximum Gasteiger partial charge on any atom is 0.296 e. The molecule has 0 bridgehead atoms. The van der Waals surface area contributed by atoms with Crippen LogP contribution in [0.3, 0.4) is 0 Å². The third-order valence-corrected chi connectivity index (χ3v) is 4.03. The first kappa shape index (κ1) is 16.3. The van der Waals surface area contributed by atoms with Gasteiger partial charge in [-0.3, -0.25) is 14.5 Å². The van der Waals surface area contributed by atoms with Crippen LogP contribution >= 0.6 is 0 Å². The maximum atomic E-state index is 12.5. The summed E-state index contributed by atoms with van der Waals surface area (Å²) in [6, 6.07) is 5.61. The van der Waals surface area contributed by atoms with E-state index in [0.29, 0.717) is 12.1 Å². The Hall–Kier alpha value is -2.10. The molecule has 1 heterocycles. The molecule has 1 aliphatic heterocycles. The Morgan fingerprint density at radius 1 is 1.05 bits per heavy atom. The number of aryl methyl sites for hydroxylation is 2. The fraction of sp³-hybridized carbons (Fsp3) is 0.444. The summed E-state index contributed by atoms with van der Waals surface area (Å²) in [4.78, 5) is 25.8. The number of hydrogen-bond acceptors (Lipinski definition) is 3. The van der Waals surface area contributed by atoms with E-state index in [1.807, 2.05) is 26.0 Å². The minimum Gasteiger partial charge on any atom is -0.502 e. The normalized spacial score (nSPS) is 15.1. The van der Waals surface area contributed by atoms with Gasteiger partial charge in [-0.05, 0) is 31.4 Å². The van der Waals surface area contributed by atoms with Crippen molar-refractivity contribution in [1.29, 1.82) is 0 Å². The number of rotatable bonds is 6. The molecule has 0 aromatic heterocycles. The van der Waals surface area contributed by atoms with Crippen molar-refractivity contribution in [3.8, 4) is 0 Å². The van der Waals surface area contributed by atoms with Gasteiger partial charge in [-0.15, -0.1) is 0 Å². The lowest BCUT2D eigenvalue weighted by atomic mass is 9.98. The van der Waals surface area contributed by atoms with Crippen molar-refractivity contribution in [2.75, 3.05) is 6.54 Å². The minimum atomic E-state index is -0.573. The Kier molecular flexibility index (Phi) is 5.01. The second-order valence-corrected chi connectivity index (χ2v) is 5.86. The first-order valence-corrected chi connectivity index (χ1v) is 7.84. The number of aliphatic hydroxyl groups is 1. The standard InChI is InChI=1S/C18H23NO3/c1-4-5-6-7-10-19-17(21)15(16(20)18(19)22)14-9-8-12(2)11-13(14)3/h8-9,11,20H,4-7,10H2,1-3H3. The molecule has 0 unspecified atom stereocenters. The number of nitrogens with zero attached hydrogens (tertiary/aromatic N) is 1. The van der Waals surface area contributed by atoms with Crippen molar-refractivity contribution in [2.24, 2.45) is 0 Å². The zero-order chi connectivity index (χ0) is 16.3. The molecule has 2 rings (SSSR count). The van der Waals surface area contributed by atoms with Gasteiger partial charge in [0.2, 0.25) is 0 Å². The quantitative estimate of drug-likeness (QED) is 0.646. The third kappa shape index (κ3) is 3.06. The summed E-state index contributed by atoms with van der Waals surface area (Å²) in [5.74, 6) is -1.38. The number of carbonyl (C=O) groups excluding carboxylic acids is 2. The Bertz CT molecular complexity index is 631. The topological polar surface area (TPSA) is 57.6 Å². The number of imide groups is 1. The monoisotopic (exact) mass is 301 g/mol. The van der Waals surface area contributed by atoms with Crippen LogP contribution in [-0.2, 0) is 9.59 Å². The zero-order valence-corrected chi connectivity index (χ0v) is 13.5. The van der Waals surface area contributed by atoms with Crippen molar-refractivity contribution in [3.05, 3.63) is 40.6 Å². The van der Waals surface area contributed by atoms with Crippen LogP contribution in [-0.4, -0.2) is 28.4 Å². The van der Waals surface area contributed by atoms with Gasteiger partial charge in [0, 0.05) is 6.54 Å². The van der Waals surface area contributed by atoms with E-state index in [1.54, 1.807) is 6.07 Å². The molecule has 4 heteroatoms. The molecule has 0 fully saturated rings. The molecule has 1 N–H and O–H groups in total. The number of hydrogen-bond donors (Lipinski definition) is 1. The number of aliphatic hydroxyl groups excluding tert-OH is 1. The van der Waals surface area contributed by atoms with Gasteiger partial charge < -0.3 is 5.11 Å². The molecule has 0 spiro atoms. The molecule has 0 radical (unpaired) electrons. The Labute approximate surface area is 131 Å². The molecule has 22 heavy (non-hydrogen) atoms. The van der Waals surface area contributed by atoms with Gasteiger partial charge in [0.25, 0.3) is 11.8 Å². The fourth-order valence-electron chi connectivity index (χ4n) is 2.80. The number of benzene rings is 1. The van der Waals surface area contributed by atoms with E-state index in [2.05, 4.69) is 6.92 Å². The first-order chi connectivity index (χ1) is 10.5. The predicted octanol–water partition coefficient (Wildman–Crippen LogP) is 3.52. The van der Waals surface area contributed by atoms with Crippen molar-refractivity contribution >= 4 is 17.4 Å². The van der Waals surface area contributed by atoms with Crippen LogP contribution in [0.25, 0.3) is 5.57 Å². The molecule has 2 amide bonds. The lowest BCUT2D eigenvalue weighted by Gasteiger charge is -2.14. The van der Waals surface area contributed by atoms with E-state index in [9.17, 15) is 14.7 Å². The van der Waals surface area contributed by atoms with Crippen LogP contribution in [0.4, 0.5) is 0 Å². The molecule has 0 saturated heterocycles. The summed E-state index contributed by atoms with van der Waals surface area (Å²) < 4.78 is 0. The molecule has 0 atom stereocenters. The molecule has 1 aromatic carbocycles. The van der Waals surface area contributed by atoms with E-state index < -0.39 is 11.7 Å². The Balaban J connectivity index is 2.22. The highest BCUT2D eigenvalue weighted by molar-refractivity contribution is 6.35. The van der Waals surface area contributed by atoms with E-state index in [1.165, 1.54) is 4.90 Å². The number of carbonyl (C=O) groups is 2. The molecule has 0 saturated carbocycles. The molecule has 1 aliphatic rings. The van der Waals surface area contributed by atoms with Gasteiger partial charge >= 0.3 is 0 Å². The number of unbranched alkanes of at least 4 members (excludes halogenated alkanes) is 3. The van der Waals surface area contributed by atoms with Crippen molar-refractivity contribution < 1.29 is 14.7 Å². The highest BCUT2D eigenvalue weighted by Gasteiger charge is 2.39. The second kappa shape index (κ2) is 6.77. The smallest absolute Gasteiger partial charge is 0.296 e. The summed E-state index contributed by atoms with van der Waals surface area (Å²) in [6.45, 7) is 6.32. The molecular weight excluding hydrogens is 278 g/mol. The van der Waals surface area contributed by atoms with Crippen molar-refractivity contribution in [1.82, 2.24) is 4.90 Å². The lowest BCUT2D eigenvalue weighted by molar-refractivity contribution is -0.138. The van der Waals surface area contributed by atoms with Gasteiger partial charge in [-0.2, -0.15) is 0 Å². The largest absolute Gasteiger partial charge is 0.502 e. The molecule has 1 aromatic rings. The van der Waals surface area contributed by atoms with Crippen LogP contribution in [0.2, 0.25) is 0 Å². The summed E-state index contributed by atoms with van der Waals surface area (Å²) in [5.41, 5.74) is 2.74. The number of amides is 2. The zero-order valence-electron chi connectivity index (χ0n) is 13.5. The van der Waals surface area contributed by atoms with E-state index in [4.69, 9.17) is 0 Å². The van der Waals surface area contributed by atoms with Gasteiger partial charge in [-0.25, -0.2) is 0 Å². The maximum absolute atomic E-state index is 12.5. The van der Waals surface area contributed by atoms with Gasteiger partial charge in [-0.1, -0.05) is 49.9 Å². The predicted molar refractivity (Wildman–Crippen MR) is 86.3 cm³/mol. The van der Waals surface area contributed by atoms with Gasteiger partial charge in [0.1, 0.15) is 0 Å². The van der Waals surface area contributed by atoms with E-state index >= 15 is 0 Å². The van der Waals surface area contributed by atoms with Gasteiger partial charge in [0.15, 0.2) is 5.76 Å². The molecule has 4 nitrogen and oxygen atoms in total. The molecule has 0 aliphatic carbocycles. The van der Waals surface area contributed by atoms with E-state index in [-0.39, 0.29) is 11.5 Å². The summed E-state index contributed by atoms with van der Waals surface area (Å²) >= 11 is 0. The first-order valence-electron chi connectivity index (χ1n) is 7.84. The molecular formula is C18H23NO3. The lowest BCUT2D eigenvalue weighted by Crippen LogP contribution is -2.32. The highest BCUT2D eigenvalue weighted by atomic mass is 16.3. The second-order valence-electron chi connectivity index (χ2n) is 5.86. The van der Waals surface area contributed by atoms with Crippen LogP contribution < -0.4 is 0 Å². The Morgan fingerprint density at radius 2 is 1.77 bits per heavy atom. The van der Waals surface area contributed by atoms with Crippen LogP contribution in [0.1, 0.15) is 49.3 Å². The minimum absolute atomic E-state index is 0.137. The van der Waals surface area contributed by atoms with Crippen LogP contribution in [0.15, 0.2) is 24.0 Å². The summed E-state index contributed by atoms with van der Waals surface area (Å²) in [5, 5.41) is 10.1. The van der Waals surface area contributed by atoms with E-state index in [0.717, 1.165) is 36.8 Å². The third-order valence-electron chi connectivity index (χ3n) is 4.03. The molecule has 118 valence electrons. The van der Waals surface area contributed by atoms with Gasteiger partial charge in [0.05, 0.1) is 5.57 Å². The SMILES string of the molecule is CCCCCCN1C(=O)C(O)=C(c2ccc(C)cc2C)C1=O. The average Bonchev–Trinajstić information content (AvgIpc) is 2.68. The summed E-state index contributed by atoms with van der Waals surface area (Å²) in [7, 11) is 0. The average molecular weight is 301 g/mol.